The summed E-state index contributed by atoms with van der Waals surface area (Å²) in [5.41, 5.74) is 4.98. The van der Waals surface area contributed by atoms with E-state index >= 15 is 0 Å². The molecule has 4 atom stereocenters. The fourth-order valence-electron chi connectivity index (χ4n) is 4.99. The number of methoxy groups -OCH3 is 1. The second-order valence-corrected chi connectivity index (χ2v) is 11.4. The Labute approximate surface area is 243 Å². The van der Waals surface area contributed by atoms with Gasteiger partial charge in [0.25, 0.3) is 17.9 Å². The van der Waals surface area contributed by atoms with Crippen LogP contribution < -0.4 is 21.3 Å². The van der Waals surface area contributed by atoms with Gasteiger partial charge in [-0.25, -0.2) is 8.78 Å². The number of allylic oxidation sites excluding steroid dienone is 5. The van der Waals surface area contributed by atoms with Gasteiger partial charge in [-0.2, -0.15) is 0 Å². The molecule has 0 aromatic carbocycles. The third-order valence-corrected chi connectivity index (χ3v) is 8.50. The molecule has 2 amide bonds. The third kappa shape index (κ3) is 6.01. The van der Waals surface area contributed by atoms with Gasteiger partial charge in [0.15, 0.2) is 5.01 Å². The Morgan fingerprint density at radius 2 is 2.10 bits per heavy atom. The lowest BCUT2D eigenvalue weighted by Crippen LogP contribution is -2.40. The number of rotatable bonds is 9. The predicted octanol–water partition coefficient (Wildman–Crippen LogP) is 4.25. The van der Waals surface area contributed by atoms with Crippen molar-refractivity contribution in [2.24, 2.45) is 16.6 Å². The number of pyridine rings is 1. The Balaban J connectivity index is 1.71. The molecule has 0 spiro atoms. The molecule has 4 rings (SSSR count). The molecule has 0 saturated heterocycles. The van der Waals surface area contributed by atoms with E-state index in [1.165, 1.54) is 30.1 Å². The smallest absolute Gasteiger partial charge is 0.291 e. The van der Waals surface area contributed by atoms with Crippen LogP contribution in [0, 0.1) is 5.92 Å². The van der Waals surface area contributed by atoms with E-state index in [1.54, 1.807) is 32.1 Å². The number of primary amides is 1. The molecular weight excluding hydrogens is 578 g/mol. The molecule has 2 aromatic rings. The first kappa shape index (κ1) is 30.3. The number of amides is 2. The molecule has 1 aliphatic heterocycles. The summed E-state index contributed by atoms with van der Waals surface area (Å²) in [6.45, 7) is 5.39. The van der Waals surface area contributed by atoms with Crippen LogP contribution in [-0.2, 0) is 15.0 Å². The molecule has 41 heavy (non-hydrogen) atoms. The summed E-state index contributed by atoms with van der Waals surface area (Å²) in [5, 5.41) is 10.7. The van der Waals surface area contributed by atoms with Crippen molar-refractivity contribution in [2.75, 3.05) is 7.11 Å². The number of ether oxygens (including phenoxy) is 1. The Morgan fingerprint density at radius 1 is 1.37 bits per heavy atom. The standard InChI is InChI=1S/C27H29ClF2N6O4S/c1-5-19(24(39)33-18-11-32-17(23(31)38)8-13(18)2)36-12-20(40-4)16(9-21(36)37)27(3)10-14(28)6-7-15(27)25-34-35-26(41-25)22(29)30/h6-7,9-13,15,19,22H,5,8H2,1-4H3,(H2,31,38)(H,33,39). The highest BCUT2D eigenvalue weighted by molar-refractivity contribution is 7.11. The van der Waals surface area contributed by atoms with E-state index in [4.69, 9.17) is 22.1 Å². The molecule has 2 aliphatic rings. The lowest BCUT2D eigenvalue weighted by molar-refractivity contribution is -0.124. The van der Waals surface area contributed by atoms with Crippen LogP contribution in [0.4, 0.5) is 8.78 Å². The van der Waals surface area contributed by atoms with Crippen LogP contribution in [0.3, 0.4) is 0 Å². The Morgan fingerprint density at radius 3 is 2.68 bits per heavy atom. The molecule has 4 unspecified atom stereocenters. The van der Waals surface area contributed by atoms with Crippen LogP contribution in [0.2, 0.25) is 0 Å². The predicted molar refractivity (Wildman–Crippen MR) is 151 cm³/mol. The highest BCUT2D eigenvalue weighted by Gasteiger charge is 2.41. The number of alkyl halides is 2. The van der Waals surface area contributed by atoms with Gasteiger partial charge in [0, 0.05) is 52.2 Å². The van der Waals surface area contributed by atoms with E-state index < -0.39 is 46.2 Å². The fraction of sp³-hybridized carbons (Fsp3) is 0.407. The van der Waals surface area contributed by atoms with Gasteiger partial charge in [-0.15, -0.1) is 10.2 Å². The topological polar surface area (TPSA) is 142 Å². The number of nitrogens with one attached hydrogen (secondary N) is 1. The molecule has 0 radical (unpaired) electrons. The molecule has 2 aromatic heterocycles. The van der Waals surface area contributed by atoms with Crippen LogP contribution in [0.25, 0.3) is 0 Å². The first-order valence-electron chi connectivity index (χ1n) is 12.8. The number of nitrogens with zero attached hydrogens (tertiary/aromatic N) is 4. The Hall–Kier alpha value is -3.71. The van der Waals surface area contributed by atoms with E-state index in [-0.39, 0.29) is 24.5 Å². The molecule has 218 valence electrons. The van der Waals surface area contributed by atoms with E-state index in [0.29, 0.717) is 27.0 Å². The van der Waals surface area contributed by atoms with E-state index in [1.807, 2.05) is 6.92 Å². The van der Waals surface area contributed by atoms with E-state index in [9.17, 15) is 23.2 Å². The molecule has 0 saturated carbocycles. The lowest BCUT2D eigenvalue weighted by Gasteiger charge is -2.36. The summed E-state index contributed by atoms with van der Waals surface area (Å²) in [4.78, 5) is 42.4. The number of aliphatic imine (C=N–C) groups is 1. The van der Waals surface area contributed by atoms with Crippen molar-refractivity contribution in [1.29, 1.82) is 0 Å². The summed E-state index contributed by atoms with van der Waals surface area (Å²) in [6, 6.07) is 0.466. The Bertz CT molecular complexity index is 1550. The van der Waals surface area contributed by atoms with Crippen LogP contribution in [0.5, 0.6) is 5.75 Å². The number of halogens is 3. The first-order chi connectivity index (χ1) is 19.4. The minimum atomic E-state index is -2.76. The molecule has 14 heteroatoms. The summed E-state index contributed by atoms with van der Waals surface area (Å²) < 4.78 is 33.5. The number of hydrogen-bond donors (Lipinski definition) is 2. The minimum Gasteiger partial charge on any atom is -0.495 e. The van der Waals surface area contributed by atoms with E-state index in [2.05, 4.69) is 20.5 Å². The fourth-order valence-corrected chi connectivity index (χ4v) is 6.21. The molecule has 3 N–H and O–H groups in total. The van der Waals surface area contributed by atoms with Gasteiger partial charge in [-0.05, 0) is 12.5 Å². The third-order valence-electron chi connectivity index (χ3n) is 7.25. The van der Waals surface area contributed by atoms with Gasteiger partial charge >= 0.3 is 0 Å². The maximum Gasteiger partial charge on any atom is 0.291 e. The zero-order valence-electron chi connectivity index (χ0n) is 22.7. The largest absolute Gasteiger partial charge is 0.495 e. The normalized spacial score (nSPS) is 23.0. The number of carbonyl (C=O) groups excluding carboxylic acids is 2. The zero-order valence-corrected chi connectivity index (χ0v) is 24.3. The van der Waals surface area contributed by atoms with Gasteiger partial charge in [0.2, 0.25) is 5.91 Å². The maximum atomic E-state index is 13.5. The summed E-state index contributed by atoms with van der Waals surface area (Å²) in [5.74, 6) is -1.57. The van der Waals surface area contributed by atoms with Crippen molar-refractivity contribution >= 4 is 40.5 Å². The molecule has 0 bridgehead atoms. The van der Waals surface area contributed by atoms with Crippen LogP contribution >= 0.6 is 22.9 Å². The average Bonchev–Trinajstić information content (AvgIpc) is 3.41. The van der Waals surface area contributed by atoms with Crippen molar-refractivity contribution in [3.63, 3.8) is 0 Å². The zero-order chi connectivity index (χ0) is 30.1. The first-order valence-corrected chi connectivity index (χ1v) is 13.9. The molecule has 3 heterocycles. The van der Waals surface area contributed by atoms with Gasteiger partial charge in [-0.3, -0.25) is 23.9 Å². The van der Waals surface area contributed by atoms with Crippen LogP contribution in [-0.4, -0.2) is 39.4 Å². The number of aromatic nitrogens is 3. The van der Waals surface area contributed by atoms with E-state index in [0.717, 1.165) is 11.3 Å². The molecule has 0 fully saturated rings. The Kier molecular flexibility index (Phi) is 8.88. The van der Waals surface area contributed by atoms with Crippen molar-refractivity contribution in [3.8, 4) is 5.75 Å². The second kappa shape index (κ2) is 12.0. The highest BCUT2D eigenvalue weighted by atomic mass is 35.5. The summed E-state index contributed by atoms with van der Waals surface area (Å²) in [6.07, 6.45) is 5.73. The SMILES string of the molecule is CCC(C(=O)NC1=CN=C(C(N)=O)CC1C)n1cc(OC)c(C2(C)C=C(Cl)C=CC2c2nnc(C(F)F)s2)cc1=O. The van der Waals surface area contributed by atoms with Crippen molar-refractivity contribution in [3.05, 3.63) is 73.4 Å². The van der Waals surface area contributed by atoms with Gasteiger partial charge in [-0.1, -0.05) is 55.9 Å². The summed E-state index contributed by atoms with van der Waals surface area (Å²) >= 11 is 7.16. The van der Waals surface area contributed by atoms with Crippen LogP contribution in [0.1, 0.15) is 67.6 Å². The number of nitrogens with two attached hydrogens (primary N) is 1. The minimum absolute atomic E-state index is 0.219. The van der Waals surface area contributed by atoms with Crippen LogP contribution in [0.15, 0.2) is 57.2 Å². The summed E-state index contributed by atoms with van der Waals surface area (Å²) in [7, 11) is 1.43. The number of hydrogen-bond acceptors (Lipinski definition) is 8. The quantitative estimate of drug-likeness (QED) is 0.437. The average molecular weight is 607 g/mol. The van der Waals surface area contributed by atoms with Crippen molar-refractivity contribution < 1.29 is 23.1 Å². The van der Waals surface area contributed by atoms with Gasteiger partial charge < -0.3 is 15.8 Å². The molecular formula is C27H29ClF2N6O4S. The lowest BCUT2D eigenvalue weighted by atomic mass is 9.69. The maximum absolute atomic E-state index is 13.5. The monoisotopic (exact) mass is 606 g/mol. The molecule has 1 aliphatic carbocycles. The van der Waals surface area contributed by atoms with Crippen molar-refractivity contribution in [1.82, 2.24) is 20.1 Å². The van der Waals surface area contributed by atoms with Gasteiger partial charge in [0.1, 0.15) is 22.5 Å². The number of carbonyl (C=O) groups is 2. The molecule has 10 nitrogen and oxygen atoms in total. The van der Waals surface area contributed by atoms with Crippen molar-refractivity contribution in [2.45, 2.75) is 57.4 Å². The second-order valence-electron chi connectivity index (χ2n) is 9.97. The van der Waals surface area contributed by atoms with Gasteiger partial charge in [0.05, 0.1) is 13.3 Å². The highest BCUT2D eigenvalue weighted by Crippen LogP contribution is 2.48.